The summed E-state index contributed by atoms with van der Waals surface area (Å²) in [7, 11) is 3.74. The van der Waals surface area contributed by atoms with E-state index >= 15 is 0 Å². The molecule has 0 aliphatic carbocycles. The van der Waals surface area contributed by atoms with E-state index in [1.54, 1.807) is 34.2 Å². The van der Waals surface area contributed by atoms with E-state index in [1.807, 2.05) is 35.6 Å². The van der Waals surface area contributed by atoms with E-state index in [2.05, 4.69) is 9.97 Å². The Morgan fingerprint density at radius 3 is 2.14 bits per heavy atom. The number of hydrogen-bond donors (Lipinski definition) is 0. The van der Waals surface area contributed by atoms with Crippen molar-refractivity contribution in [3.8, 4) is 17.6 Å². The van der Waals surface area contributed by atoms with Crippen LogP contribution < -0.4 is 26.6 Å². The van der Waals surface area contributed by atoms with Crippen LogP contribution in [-0.2, 0) is 14.1 Å². The van der Waals surface area contributed by atoms with Crippen LogP contribution in [0.5, 0.6) is 5.88 Å². The number of hydrogen-bond acceptors (Lipinski definition) is 3. The fourth-order valence-electron chi connectivity index (χ4n) is 1.83. The molecular weight excluding hydrogens is 315 g/mol. The fraction of sp³-hybridized carbons (Fsp3) is 0.167. The minimum Gasteiger partial charge on any atom is -1.00 e. The van der Waals surface area contributed by atoms with Crippen LogP contribution in [0.4, 0.5) is 0 Å². The molecule has 0 aliphatic heterocycles. The van der Waals surface area contributed by atoms with Crippen molar-refractivity contribution in [1.82, 2.24) is 19.1 Å². The molecule has 0 saturated carbocycles. The first-order valence-electron chi connectivity index (χ1n) is 5.86. The molecule has 0 bridgehead atoms. The van der Waals surface area contributed by atoms with E-state index < -0.39 is 5.88 Å². The first-order chi connectivity index (χ1) is 9.54. The zero-order valence-corrected chi connectivity index (χ0v) is 12.8. The van der Waals surface area contributed by atoms with Gasteiger partial charge in [-0.1, -0.05) is 11.6 Å². The lowest BCUT2D eigenvalue weighted by Gasteiger charge is -2.09. The summed E-state index contributed by atoms with van der Waals surface area (Å²) < 4.78 is 7.00. The van der Waals surface area contributed by atoms with Crippen molar-refractivity contribution >= 4 is 11.6 Å². The number of rotatable bonds is 2. The van der Waals surface area contributed by atoms with E-state index in [9.17, 15) is 5.11 Å². The van der Waals surface area contributed by atoms with Crippen molar-refractivity contribution < 1.29 is 26.6 Å². The summed E-state index contributed by atoms with van der Waals surface area (Å²) in [4.78, 5) is 8.24. The first kappa shape index (κ1) is 15.3. The summed E-state index contributed by atoms with van der Waals surface area (Å²) in [5.74, 6) is 0.143. The minimum absolute atomic E-state index is 0. The van der Waals surface area contributed by atoms with Crippen molar-refractivity contribution in [2.75, 3.05) is 0 Å². The summed E-state index contributed by atoms with van der Waals surface area (Å²) >= 11 is 6.02. The summed E-state index contributed by atoms with van der Waals surface area (Å²) in [5, 5.41) is 11.9. The third kappa shape index (κ3) is 2.84. The van der Waals surface area contributed by atoms with Gasteiger partial charge >= 0.3 is 5.95 Å². The number of aryl methyl sites for hydroxylation is 2. The Morgan fingerprint density at radius 1 is 1.05 bits per heavy atom. The number of halogens is 2. The standard InChI is InChI=1S/C12H12ClN6O.ClH/c1-16-3-5-18(7-16)10-9(13)11(20)15-12(14-10)19-6-4-17(2)8-19;/h3-8H,1-2H3;1H/q+1;/p-1. The summed E-state index contributed by atoms with van der Waals surface area (Å²) in [6.07, 6.45) is 10.7. The van der Waals surface area contributed by atoms with Gasteiger partial charge in [-0.2, -0.15) is 9.13 Å². The highest BCUT2D eigenvalue weighted by molar-refractivity contribution is 6.33. The van der Waals surface area contributed by atoms with Gasteiger partial charge in [0, 0.05) is 5.88 Å². The topological polar surface area (TPSA) is 66.5 Å². The maximum atomic E-state index is 11.9. The Bertz CT molecular complexity index is 782. The molecule has 3 aromatic rings. The quantitative estimate of drug-likeness (QED) is 0.458. The van der Waals surface area contributed by atoms with Crippen LogP contribution in [0.3, 0.4) is 0 Å². The van der Waals surface area contributed by atoms with Crippen molar-refractivity contribution in [3.05, 3.63) is 42.5 Å². The molecular formula is C12H12Cl2N6O. The lowest BCUT2D eigenvalue weighted by atomic mass is 10.5. The van der Waals surface area contributed by atoms with Crippen molar-refractivity contribution in [1.29, 1.82) is 0 Å². The van der Waals surface area contributed by atoms with E-state index in [1.165, 1.54) is 0 Å². The third-order valence-electron chi connectivity index (χ3n) is 2.80. The van der Waals surface area contributed by atoms with Gasteiger partial charge in [0.15, 0.2) is 0 Å². The number of imidazole rings is 2. The number of nitrogens with zero attached hydrogens (tertiary/aromatic N) is 6. The largest absolute Gasteiger partial charge is 1.00 e. The van der Waals surface area contributed by atoms with Crippen LogP contribution in [0.15, 0.2) is 37.4 Å². The van der Waals surface area contributed by atoms with Crippen LogP contribution in [-0.4, -0.2) is 19.1 Å². The molecule has 0 amide bonds. The molecule has 0 atom stereocenters. The van der Waals surface area contributed by atoms with Crippen molar-refractivity contribution in [2.45, 2.75) is 0 Å². The molecule has 0 saturated heterocycles. The first-order valence-corrected chi connectivity index (χ1v) is 6.24. The zero-order valence-electron chi connectivity index (χ0n) is 11.3. The highest BCUT2D eigenvalue weighted by Gasteiger charge is 2.18. The molecule has 0 fully saturated rings. The van der Waals surface area contributed by atoms with Gasteiger partial charge in [-0.3, -0.25) is 0 Å². The van der Waals surface area contributed by atoms with Crippen molar-refractivity contribution in [2.24, 2.45) is 14.1 Å². The van der Waals surface area contributed by atoms with Gasteiger partial charge in [0.1, 0.15) is 29.8 Å². The van der Waals surface area contributed by atoms with Gasteiger partial charge < -0.3 is 17.5 Å². The van der Waals surface area contributed by atoms with Gasteiger partial charge in [0.2, 0.25) is 12.1 Å². The van der Waals surface area contributed by atoms with Gasteiger partial charge in [-0.15, -0.1) is 4.98 Å². The van der Waals surface area contributed by atoms with Crippen LogP contribution in [0.25, 0.3) is 11.8 Å². The molecule has 0 N–H and O–H groups in total. The zero-order chi connectivity index (χ0) is 14.3. The normalized spacial score (nSPS) is 10.4. The third-order valence-corrected chi connectivity index (χ3v) is 3.14. The molecule has 0 unspecified atom stereocenters. The van der Waals surface area contributed by atoms with E-state index in [0.29, 0.717) is 5.82 Å². The lowest BCUT2D eigenvalue weighted by Crippen LogP contribution is -3.00. The molecule has 110 valence electrons. The Hall–Kier alpha value is -2.12. The van der Waals surface area contributed by atoms with E-state index in [0.717, 1.165) is 0 Å². The molecule has 3 rings (SSSR count). The molecule has 0 radical (unpaired) electrons. The monoisotopic (exact) mass is 326 g/mol. The molecule has 0 spiro atoms. The van der Waals surface area contributed by atoms with Crippen LogP contribution in [0.2, 0.25) is 5.02 Å². The highest BCUT2D eigenvalue weighted by atomic mass is 35.5. The van der Waals surface area contributed by atoms with Gasteiger partial charge in [0.25, 0.3) is 6.33 Å². The minimum atomic E-state index is -0.501. The molecule has 0 aromatic carbocycles. The molecule has 3 heterocycles. The van der Waals surface area contributed by atoms with Crippen LogP contribution in [0.1, 0.15) is 0 Å². The SMILES string of the molecule is C[n+]1ccn(-c2nc([O-])c(Cl)c(-n3cc[n+](C)c3)n2)c1.[Cl-]. The van der Waals surface area contributed by atoms with Crippen molar-refractivity contribution in [3.63, 3.8) is 0 Å². The predicted molar refractivity (Wildman–Crippen MR) is 67.5 cm³/mol. The van der Waals surface area contributed by atoms with Gasteiger partial charge in [0.05, 0.1) is 14.1 Å². The Balaban J connectivity index is 0.00000161. The number of aromatic nitrogens is 6. The summed E-state index contributed by atoms with van der Waals surface area (Å²) in [6, 6.07) is 0. The Morgan fingerprint density at radius 2 is 1.62 bits per heavy atom. The smallest absolute Gasteiger partial charge is 0.328 e. The maximum Gasteiger partial charge on any atom is 0.328 e. The highest BCUT2D eigenvalue weighted by Crippen LogP contribution is 2.25. The van der Waals surface area contributed by atoms with Gasteiger partial charge in [-0.05, 0) is 0 Å². The van der Waals surface area contributed by atoms with E-state index in [4.69, 9.17) is 11.6 Å². The fourth-order valence-corrected chi connectivity index (χ4v) is 2.02. The van der Waals surface area contributed by atoms with Crippen LogP contribution in [0, 0.1) is 0 Å². The van der Waals surface area contributed by atoms with Gasteiger partial charge in [-0.25, -0.2) is 14.1 Å². The second kappa shape index (κ2) is 5.71. The molecule has 21 heavy (non-hydrogen) atoms. The van der Waals surface area contributed by atoms with E-state index in [-0.39, 0.29) is 23.4 Å². The summed E-state index contributed by atoms with van der Waals surface area (Å²) in [5.41, 5.74) is 0. The maximum absolute atomic E-state index is 11.9. The Kier molecular flexibility index (Phi) is 4.15. The molecule has 0 aliphatic rings. The second-order valence-corrected chi connectivity index (χ2v) is 4.82. The predicted octanol–water partition coefficient (Wildman–Crippen LogP) is -3.56. The molecule has 9 heteroatoms. The second-order valence-electron chi connectivity index (χ2n) is 4.44. The Labute approximate surface area is 132 Å². The average Bonchev–Trinajstić information content (AvgIpc) is 3.01. The lowest BCUT2D eigenvalue weighted by molar-refractivity contribution is -0.670. The molecule has 3 aromatic heterocycles. The molecule has 7 nitrogen and oxygen atoms in total. The summed E-state index contributed by atoms with van der Waals surface area (Å²) in [6.45, 7) is 0. The van der Waals surface area contributed by atoms with Crippen LogP contribution >= 0.6 is 11.6 Å². The average molecular weight is 327 g/mol.